The van der Waals surface area contributed by atoms with Gasteiger partial charge >= 0.3 is 0 Å². The molecule has 1 saturated heterocycles. The maximum Gasteiger partial charge on any atom is 0.239 e. The third-order valence-corrected chi connectivity index (χ3v) is 4.57. The van der Waals surface area contributed by atoms with Crippen molar-refractivity contribution in [1.29, 1.82) is 0 Å². The van der Waals surface area contributed by atoms with E-state index in [1.807, 2.05) is 24.1 Å². The van der Waals surface area contributed by atoms with E-state index >= 15 is 0 Å². The van der Waals surface area contributed by atoms with Crippen LogP contribution in [0.2, 0.25) is 0 Å². The van der Waals surface area contributed by atoms with E-state index in [1.165, 1.54) is 0 Å². The molecule has 1 amide bonds. The Hall–Kier alpha value is -2.14. The summed E-state index contributed by atoms with van der Waals surface area (Å²) in [6, 6.07) is 7.18. The third kappa shape index (κ3) is 3.51. The molecule has 5 heteroatoms. The Morgan fingerprint density at radius 3 is 2.83 bits per heavy atom. The summed E-state index contributed by atoms with van der Waals surface area (Å²) < 4.78 is 0. The minimum Gasteiger partial charge on any atom is -0.508 e. The monoisotopic (exact) mass is 327 g/mol. The molecule has 128 valence electrons. The number of amides is 1. The summed E-state index contributed by atoms with van der Waals surface area (Å²) in [6.45, 7) is 9.49. The van der Waals surface area contributed by atoms with Gasteiger partial charge in [0.05, 0.1) is 11.6 Å². The van der Waals surface area contributed by atoms with Crippen LogP contribution in [0.5, 0.6) is 5.75 Å². The number of nitrogens with zero attached hydrogens (tertiary/aromatic N) is 3. The molecular weight excluding hydrogens is 302 g/mol. The zero-order valence-electron chi connectivity index (χ0n) is 14.6. The first-order chi connectivity index (χ1) is 11.4. The van der Waals surface area contributed by atoms with Crippen molar-refractivity contribution >= 4 is 16.8 Å². The van der Waals surface area contributed by atoms with E-state index in [4.69, 9.17) is 0 Å². The van der Waals surface area contributed by atoms with Gasteiger partial charge in [-0.15, -0.1) is 0 Å². The molecule has 0 unspecified atom stereocenters. The minimum atomic E-state index is -0.104. The molecule has 1 atom stereocenters. The van der Waals surface area contributed by atoms with Gasteiger partial charge in [-0.1, -0.05) is 13.8 Å². The molecule has 2 aromatic rings. The molecule has 1 aromatic carbocycles. The summed E-state index contributed by atoms with van der Waals surface area (Å²) in [5.74, 6) is 0.936. The van der Waals surface area contributed by atoms with E-state index in [2.05, 4.69) is 29.8 Å². The van der Waals surface area contributed by atoms with Gasteiger partial charge in [-0.2, -0.15) is 0 Å². The Kier molecular flexibility index (Phi) is 4.71. The molecule has 0 radical (unpaired) electrons. The van der Waals surface area contributed by atoms with Crippen molar-refractivity contribution in [3.05, 3.63) is 36.0 Å². The number of phenols is 1. The Morgan fingerprint density at radius 1 is 1.29 bits per heavy atom. The SMILES string of the molecule is CC(C)CN1CCN(Cc2cnc3cc(O)ccc3c2)[C@H](C)C1=O. The highest BCUT2D eigenvalue weighted by molar-refractivity contribution is 5.82. The van der Waals surface area contributed by atoms with Crippen LogP contribution < -0.4 is 0 Å². The lowest BCUT2D eigenvalue weighted by atomic mass is 10.1. The average Bonchev–Trinajstić information content (AvgIpc) is 2.54. The number of pyridine rings is 1. The average molecular weight is 327 g/mol. The highest BCUT2D eigenvalue weighted by atomic mass is 16.3. The summed E-state index contributed by atoms with van der Waals surface area (Å²) in [7, 11) is 0. The van der Waals surface area contributed by atoms with Crippen LogP contribution in [0.25, 0.3) is 10.9 Å². The topological polar surface area (TPSA) is 56.7 Å². The number of fused-ring (bicyclic) bond motifs is 1. The number of benzene rings is 1. The number of carbonyl (C=O) groups is 1. The van der Waals surface area contributed by atoms with Crippen molar-refractivity contribution in [3.8, 4) is 5.75 Å². The van der Waals surface area contributed by atoms with Crippen LogP contribution in [-0.2, 0) is 11.3 Å². The molecule has 1 aliphatic rings. The Balaban J connectivity index is 1.72. The predicted octanol–water partition coefficient (Wildman–Crippen LogP) is 2.63. The summed E-state index contributed by atoms with van der Waals surface area (Å²) >= 11 is 0. The summed E-state index contributed by atoms with van der Waals surface area (Å²) in [5.41, 5.74) is 1.87. The van der Waals surface area contributed by atoms with Gasteiger partial charge in [-0.3, -0.25) is 14.7 Å². The molecule has 0 spiro atoms. The molecule has 1 aliphatic heterocycles. The predicted molar refractivity (Wildman–Crippen MR) is 94.7 cm³/mol. The fourth-order valence-corrected chi connectivity index (χ4v) is 3.29. The van der Waals surface area contributed by atoms with Gasteiger partial charge in [0.25, 0.3) is 0 Å². The number of aromatic hydroxyl groups is 1. The Labute approximate surface area is 142 Å². The van der Waals surface area contributed by atoms with E-state index in [-0.39, 0.29) is 17.7 Å². The Morgan fingerprint density at radius 2 is 2.08 bits per heavy atom. The molecule has 0 saturated carbocycles. The highest BCUT2D eigenvalue weighted by Gasteiger charge is 2.31. The third-order valence-electron chi connectivity index (χ3n) is 4.57. The van der Waals surface area contributed by atoms with Gasteiger partial charge in [-0.25, -0.2) is 0 Å². The van der Waals surface area contributed by atoms with Crippen LogP contribution in [0.3, 0.4) is 0 Å². The second kappa shape index (κ2) is 6.77. The standard InChI is InChI=1S/C19H25N3O2/c1-13(2)11-22-7-6-21(14(3)19(22)24)12-15-8-16-4-5-17(23)9-18(16)20-10-15/h4-5,8-10,13-14,23H,6-7,11-12H2,1-3H3/t14-/m1/s1. The first-order valence-corrected chi connectivity index (χ1v) is 8.54. The zero-order valence-corrected chi connectivity index (χ0v) is 14.6. The number of piperazine rings is 1. The molecular formula is C19H25N3O2. The quantitative estimate of drug-likeness (QED) is 0.938. The van der Waals surface area contributed by atoms with Gasteiger partial charge in [0.15, 0.2) is 0 Å². The van der Waals surface area contributed by atoms with Crippen molar-refractivity contribution in [3.63, 3.8) is 0 Å². The second-order valence-electron chi connectivity index (χ2n) is 7.05. The van der Waals surface area contributed by atoms with Gasteiger partial charge in [0.2, 0.25) is 5.91 Å². The smallest absolute Gasteiger partial charge is 0.239 e. The van der Waals surface area contributed by atoms with Gasteiger partial charge in [-0.05, 0) is 36.6 Å². The fraction of sp³-hybridized carbons (Fsp3) is 0.474. The van der Waals surface area contributed by atoms with Crippen LogP contribution in [0.15, 0.2) is 30.5 Å². The maximum atomic E-state index is 12.6. The number of phenolic OH excluding ortho intramolecular Hbond substituents is 1. The zero-order chi connectivity index (χ0) is 17.3. The fourth-order valence-electron chi connectivity index (χ4n) is 3.29. The van der Waals surface area contributed by atoms with Crippen LogP contribution in [0, 0.1) is 5.92 Å². The van der Waals surface area contributed by atoms with Gasteiger partial charge in [0.1, 0.15) is 5.75 Å². The summed E-state index contributed by atoms with van der Waals surface area (Å²) in [6.07, 6.45) is 1.83. The van der Waals surface area contributed by atoms with Gasteiger partial charge < -0.3 is 10.0 Å². The molecule has 0 aliphatic carbocycles. The van der Waals surface area contributed by atoms with Crippen molar-refractivity contribution in [2.24, 2.45) is 5.92 Å². The van der Waals surface area contributed by atoms with Crippen molar-refractivity contribution in [2.75, 3.05) is 19.6 Å². The molecule has 1 aromatic heterocycles. The van der Waals surface area contributed by atoms with E-state index in [0.29, 0.717) is 12.5 Å². The van der Waals surface area contributed by atoms with E-state index in [1.54, 1.807) is 12.1 Å². The van der Waals surface area contributed by atoms with Crippen molar-refractivity contribution in [1.82, 2.24) is 14.8 Å². The lowest BCUT2D eigenvalue weighted by molar-refractivity contribution is -0.141. The lowest BCUT2D eigenvalue weighted by Gasteiger charge is -2.39. The Bertz CT molecular complexity index is 744. The number of hydrogen-bond donors (Lipinski definition) is 1. The molecule has 3 rings (SSSR count). The van der Waals surface area contributed by atoms with E-state index in [9.17, 15) is 9.90 Å². The molecule has 1 N–H and O–H groups in total. The van der Waals surface area contributed by atoms with Gasteiger partial charge in [0, 0.05) is 43.8 Å². The highest BCUT2D eigenvalue weighted by Crippen LogP contribution is 2.21. The van der Waals surface area contributed by atoms with E-state index in [0.717, 1.165) is 36.1 Å². The lowest BCUT2D eigenvalue weighted by Crippen LogP contribution is -2.56. The first kappa shape index (κ1) is 16.7. The second-order valence-corrected chi connectivity index (χ2v) is 7.05. The maximum absolute atomic E-state index is 12.6. The van der Waals surface area contributed by atoms with Crippen LogP contribution >= 0.6 is 0 Å². The van der Waals surface area contributed by atoms with E-state index < -0.39 is 0 Å². The normalized spacial score (nSPS) is 19.4. The minimum absolute atomic E-state index is 0.104. The van der Waals surface area contributed by atoms with Crippen LogP contribution in [0.1, 0.15) is 26.3 Å². The molecule has 2 heterocycles. The van der Waals surface area contributed by atoms with Crippen LogP contribution in [-0.4, -0.2) is 51.5 Å². The summed E-state index contributed by atoms with van der Waals surface area (Å²) in [4.78, 5) is 21.2. The largest absolute Gasteiger partial charge is 0.508 e. The van der Waals surface area contributed by atoms with Crippen LogP contribution in [0.4, 0.5) is 0 Å². The first-order valence-electron chi connectivity index (χ1n) is 8.54. The molecule has 24 heavy (non-hydrogen) atoms. The number of carbonyl (C=O) groups excluding carboxylic acids is 1. The van der Waals surface area contributed by atoms with Crippen molar-refractivity contribution < 1.29 is 9.90 Å². The number of rotatable bonds is 4. The molecule has 5 nitrogen and oxygen atoms in total. The number of hydrogen-bond acceptors (Lipinski definition) is 4. The van der Waals surface area contributed by atoms with Crippen molar-refractivity contribution in [2.45, 2.75) is 33.4 Å². The number of aromatic nitrogens is 1. The molecule has 1 fully saturated rings. The molecule has 0 bridgehead atoms. The summed E-state index contributed by atoms with van der Waals surface area (Å²) in [5, 5.41) is 10.5.